The fraction of sp³-hybridized carbons (Fsp3) is 0.600. The van der Waals surface area contributed by atoms with Gasteiger partial charge in [-0.2, -0.15) is 0 Å². The van der Waals surface area contributed by atoms with Crippen LogP contribution in [0.2, 0.25) is 8.87 Å². The minimum atomic E-state index is -2.07. The van der Waals surface area contributed by atoms with E-state index < -0.39 is 13.9 Å². The van der Waals surface area contributed by atoms with Crippen molar-refractivity contribution in [1.82, 2.24) is 0 Å². The third-order valence-corrected chi connectivity index (χ3v) is 14.9. The molecule has 0 saturated heterocycles. The second kappa shape index (κ2) is 6.67. The first kappa shape index (κ1) is 14.2. The summed E-state index contributed by atoms with van der Waals surface area (Å²) in [6.07, 6.45) is 4.66. The van der Waals surface area contributed by atoms with Crippen LogP contribution in [0.1, 0.15) is 27.7 Å². The molecule has 0 aromatic carbocycles. The van der Waals surface area contributed by atoms with Gasteiger partial charge in [0.05, 0.1) is 0 Å². The molecule has 0 nitrogen and oxygen atoms in total. The molecule has 0 rings (SSSR count). The zero-order chi connectivity index (χ0) is 10.5. The molecule has 0 aliphatic rings. The van der Waals surface area contributed by atoms with Crippen LogP contribution in [0, 0.1) is 0 Å². The molecule has 0 aliphatic carbocycles. The van der Waals surface area contributed by atoms with Crippen LogP contribution in [0.15, 0.2) is 23.3 Å². The molecule has 0 fully saturated rings. The summed E-state index contributed by atoms with van der Waals surface area (Å²) in [5, 5.41) is 0. The summed E-state index contributed by atoms with van der Waals surface area (Å²) in [5.41, 5.74) is 2.83. The van der Waals surface area contributed by atoms with Crippen LogP contribution < -0.4 is 0 Å². The fourth-order valence-electron chi connectivity index (χ4n) is 0.790. The predicted octanol–water partition coefficient (Wildman–Crippen LogP) is 5.15. The fourth-order valence-corrected chi connectivity index (χ4v) is 9.64. The van der Waals surface area contributed by atoms with Gasteiger partial charge >= 0.3 is 99.2 Å². The zero-order valence-corrected chi connectivity index (χ0v) is 14.9. The van der Waals surface area contributed by atoms with Crippen LogP contribution in [0.25, 0.3) is 0 Å². The van der Waals surface area contributed by atoms with E-state index in [1.165, 1.54) is 20.0 Å². The summed E-state index contributed by atoms with van der Waals surface area (Å²) in [4.78, 5) is 0. The van der Waals surface area contributed by atoms with E-state index in [9.17, 15) is 0 Å². The van der Waals surface area contributed by atoms with Gasteiger partial charge in [0.25, 0.3) is 0 Å². The molecule has 0 radical (unpaired) electrons. The number of hydrogen-bond acceptors (Lipinski definition) is 0. The molecule has 0 aromatic heterocycles. The van der Waals surface area contributed by atoms with Gasteiger partial charge in [-0.15, -0.1) is 0 Å². The summed E-state index contributed by atoms with van der Waals surface area (Å²) in [6.45, 7) is 8.62. The van der Waals surface area contributed by atoms with Crippen molar-refractivity contribution in [3.63, 3.8) is 0 Å². The first-order chi connectivity index (χ1) is 5.83. The van der Waals surface area contributed by atoms with E-state index in [-0.39, 0.29) is 0 Å². The van der Waals surface area contributed by atoms with Crippen molar-refractivity contribution < 1.29 is 0 Å². The maximum atomic E-state index is 3.88. The third-order valence-electron chi connectivity index (χ3n) is 1.62. The average molecular weight is 417 g/mol. The van der Waals surface area contributed by atoms with Gasteiger partial charge in [-0.1, -0.05) is 0 Å². The zero-order valence-electron chi connectivity index (χ0n) is 8.82. The average Bonchev–Trinajstić information content (AvgIpc) is 1.98. The molecule has 0 spiro atoms. The van der Waals surface area contributed by atoms with Crippen molar-refractivity contribution in [2.45, 2.75) is 36.6 Å². The minimum absolute atomic E-state index is 1.22. The van der Waals surface area contributed by atoms with E-state index in [0.29, 0.717) is 0 Å². The van der Waals surface area contributed by atoms with Crippen LogP contribution in [0.5, 0.6) is 0 Å². The van der Waals surface area contributed by atoms with E-state index >= 15 is 0 Å². The van der Waals surface area contributed by atoms with Crippen LogP contribution in [-0.4, -0.2) is 13.9 Å². The van der Waals surface area contributed by atoms with E-state index in [0.717, 1.165) is 0 Å². The van der Waals surface area contributed by atoms with Crippen molar-refractivity contribution in [1.29, 1.82) is 0 Å². The van der Waals surface area contributed by atoms with Gasteiger partial charge in [0, 0.05) is 0 Å². The number of hydrogen-bond donors (Lipinski definition) is 0. The molecule has 0 saturated carbocycles. The molecule has 0 aromatic rings. The Labute approximate surface area is 98.3 Å². The van der Waals surface area contributed by atoms with E-state index in [1.54, 1.807) is 0 Å². The van der Waals surface area contributed by atoms with E-state index in [4.69, 9.17) is 0 Å². The standard InChI is InChI=1S/2C5H9.2BrH.Sn/c2*1-4-5(2)3;;;/h2*4H,1H2,2-3H3;2*1H;/q;;;;+2/p-2. The van der Waals surface area contributed by atoms with Gasteiger partial charge in [-0.25, -0.2) is 0 Å². The Morgan fingerprint density at radius 3 is 1.46 bits per heavy atom. The molecular weight excluding hydrogens is 399 g/mol. The summed E-state index contributed by atoms with van der Waals surface area (Å²) >= 11 is 5.68. The Bertz CT molecular complexity index is 187. The SMILES string of the molecule is CC(C)=C[CH2][Sn]([Br])([Br])[CH2]C=C(C)C. The van der Waals surface area contributed by atoms with Crippen LogP contribution in [-0.2, 0) is 0 Å². The molecule has 0 atom stereocenters. The van der Waals surface area contributed by atoms with Crippen molar-refractivity contribution in [2.24, 2.45) is 0 Å². The molecule has 0 amide bonds. The van der Waals surface area contributed by atoms with E-state index in [1.807, 2.05) is 0 Å². The van der Waals surface area contributed by atoms with Crippen molar-refractivity contribution >= 4 is 39.3 Å². The van der Waals surface area contributed by atoms with Crippen molar-refractivity contribution in [3.05, 3.63) is 23.3 Å². The first-order valence-electron chi connectivity index (χ1n) is 4.48. The molecule has 0 N–H and O–H groups in total. The van der Waals surface area contributed by atoms with Crippen molar-refractivity contribution in [3.8, 4) is 0 Å². The number of rotatable bonds is 4. The molecule has 3 heteroatoms. The quantitative estimate of drug-likeness (QED) is 0.439. The van der Waals surface area contributed by atoms with Crippen LogP contribution in [0.4, 0.5) is 0 Å². The van der Waals surface area contributed by atoms with Gasteiger partial charge in [0.15, 0.2) is 0 Å². The molecule has 76 valence electrons. The molecule has 0 bridgehead atoms. The Morgan fingerprint density at radius 1 is 0.923 bits per heavy atom. The summed E-state index contributed by atoms with van der Waals surface area (Å²) in [7, 11) is 0. The van der Waals surface area contributed by atoms with Gasteiger partial charge in [-0.3, -0.25) is 0 Å². The van der Waals surface area contributed by atoms with Gasteiger partial charge < -0.3 is 0 Å². The molecular formula is C10H18Br2Sn. The Kier molecular flexibility index (Phi) is 7.31. The summed E-state index contributed by atoms with van der Waals surface area (Å²) < 4.78 is 2.45. The summed E-state index contributed by atoms with van der Waals surface area (Å²) in [6, 6.07) is 0. The monoisotopic (exact) mass is 416 g/mol. The summed E-state index contributed by atoms with van der Waals surface area (Å²) in [5.74, 6) is 0. The number of allylic oxidation sites excluding steroid dienone is 4. The molecule has 0 heterocycles. The van der Waals surface area contributed by atoms with Crippen molar-refractivity contribution in [2.75, 3.05) is 0 Å². The number of halogens is 2. The van der Waals surface area contributed by atoms with E-state index in [2.05, 4.69) is 65.3 Å². The second-order valence-corrected chi connectivity index (χ2v) is 38.5. The van der Waals surface area contributed by atoms with Crippen LogP contribution in [0.3, 0.4) is 0 Å². The molecule has 0 unspecified atom stereocenters. The Morgan fingerprint density at radius 2 is 1.23 bits per heavy atom. The maximum absolute atomic E-state index is 3.88. The van der Waals surface area contributed by atoms with Gasteiger partial charge in [-0.05, 0) is 0 Å². The topological polar surface area (TPSA) is 0 Å². The Hall–Kier alpha value is 1.24. The van der Waals surface area contributed by atoms with Gasteiger partial charge in [0.2, 0.25) is 0 Å². The normalized spacial score (nSPS) is 10.9. The Balaban J connectivity index is 4.09. The van der Waals surface area contributed by atoms with Gasteiger partial charge in [0.1, 0.15) is 0 Å². The van der Waals surface area contributed by atoms with Crippen LogP contribution >= 0.6 is 25.4 Å². The molecule has 13 heavy (non-hydrogen) atoms. The predicted molar refractivity (Wildman–Crippen MR) is 72.1 cm³/mol. The molecule has 0 aliphatic heterocycles. The third kappa shape index (κ3) is 9.54. The first-order valence-corrected chi connectivity index (χ1v) is 21.3. The second-order valence-electron chi connectivity index (χ2n) is 3.83.